The van der Waals surface area contributed by atoms with E-state index >= 15 is 0 Å². The second-order valence-electron chi connectivity index (χ2n) is 5.48. The molecule has 0 saturated heterocycles. The van der Waals surface area contributed by atoms with Crippen molar-refractivity contribution in [3.05, 3.63) is 29.0 Å². The maximum atomic E-state index is 11.1. The lowest BCUT2D eigenvalue weighted by Crippen LogP contribution is -2.07. The van der Waals surface area contributed by atoms with Gasteiger partial charge in [0, 0.05) is 23.7 Å². The predicted octanol–water partition coefficient (Wildman–Crippen LogP) is 2.38. The Bertz CT molecular complexity index is 749. The lowest BCUT2D eigenvalue weighted by atomic mass is 9.88. The van der Waals surface area contributed by atoms with Gasteiger partial charge in [-0.05, 0) is 37.8 Å². The van der Waals surface area contributed by atoms with Gasteiger partial charge in [0.2, 0.25) is 0 Å². The largest absolute Gasteiger partial charge is 0.507 e. The van der Waals surface area contributed by atoms with Gasteiger partial charge in [0.1, 0.15) is 11.5 Å². The molecule has 0 spiro atoms. The molecule has 2 aromatic rings. The maximum Gasteiger partial charge on any atom is 0.356 e. The Morgan fingerprint density at radius 1 is 1.27 bits per heavy atom. The van der Waals surface area contributed by atoms with Crippen molar-refractivity contribution in [2.75, 3.05) is 7.11 Å². The number of rotatable bonds is 3. The molecule has 1 aliphatic carbocycles. The van der Waals surface area contributed by atoms with Crippen LogP contribution in [0.4, 0.5) is 0 Å². The number of carboxylic acid groups (broad SMARTS) is 1. The number of aromatic nitrogens is 2. The number of hydrogen-bond donors (Lipinski definition) is 2. The Hall–Kier alpha value is -2.50. The van der Waals surface area contributed by atoms with Gasteiger partial charge >= 0.3 is 5.97 Å². The standard InChI is InChI=1S/C16H18N2O4/c1-18-13(8-12(17-18)16(20)21)11-7-14(22-2)9-5-3-4-6-10(9)15(11)19/h7-8,19H,3-6H2,1-2H3,(H,20,21). The van der Waals surface area contributed by atoms with Crippen LogP contribution >= 0.6 is 0 Å². The van der Waals surface area contributed by atoms with Crippen molar-refractivity contribution in [1.82, 2.24) is 9.78 Å². The SMILES string of the molecule is COc1cc(-c2cc(C(=O)O)nn2C)c(O)c2c1CCCC2. The van der Waals surface area contributed by atoms with E-state index in [-0.39, 0.29) is 11.4 Å². The Morgan fingerprint density at radius 2 is 1.95 bits per heavy atom. The monoisotopic (exact) mass is 302 g/mol. The van der Waals surface area contributed by atoms with Gasteiger partial charge < -0.3 is 14.9 Å². The van der Waals surface area contributed by atoms with Crippen LogP contribution in [0.1, 0.15) is 34.5 Å². The van der Waals surface area contributed by atoms with E-state index in [1.54, 1.807) is 20.2 Å². The van der Waals surface area contributed by atoms with Gasteiger partial charge in [0.25, 0.3) is 0 Å². The summed E-state index contributed by atoms with van der Waals surface area (Å²) in [5, 5.41) is 23.7. The average molecular weight is 302 g/mol. The normalized spacial score (nSPS) is 13.7. The minimum atomic E-state index is -1.09. The molecule has 1 aliphatic rings. The first kappa shape index (κ1) is 14.4. The number of aromatic hydroxyl groups is 1. The van der Waals surface area contributed by atoms with Crippen LogP contribution in [0.15, 0.2) is 12.1 Å². The minimum absolute atomic E-state index is 0.0476. The molecular formula is C16H18N2O4. The van der Waals surface area contributed by atoms with Crippen molar-refractivity contribution in [2.45, 2.75) is 25.7 Å². The van der Waals surface area contributed by atoms with E-state index in [0.29, 0.717) is 11.3 Å². The minimum Gasteiger partial charge on any atom is -0.507 e. The van der Waals surface area contributed by atoms with Crippen LogP contribution in [0.3, 0.4) is 0 Å². The average Bonchev–Trinajstić information content (AvgIpc) is 2.90. The number of phenolic OH excluding ortho intramolecular Hbond substituents is 1. The Labute approximate surface area is 128 Å². The Morgan fingerprint density at radius 3 is 2.55 bits per heavy atom. The molecule has 0 bridgehead atoms. The van der Waals surface area contributed by atoms with E-state index in [9.17, 15) is 9.90 Å². The number of aryl methyl sites for hydroxylation is 1. The first-order valence-corrected chi connectivity index (χ1v) is 7.22. The molecule has 1 aromatic heterocycles. The Balaban J connectivity index is 2.21. The topological polar surface area (TPSA) is 84.6 Å². The zero-order valence-corrected chi connectivity index (χ0v) is 12.6. The summed E-state index contributed by atoms with van der Waals surface area (Å²) in [4.78, 5) is 11.1. The van der Waals surface area contributed by atoms with Crippen molar-refractivity contribution < 1.29 is 19.7 Å². The number of hydrogen-bond acceptors (Lipinski definition) is 4. The Kier molecular flexibility index (Phi) is 3.52. The second kappa shape index (κ2) is 5.36. The number of carboxylic acids is 1. The molecule has 0 saturated carbocycles. The first-order valence-electron chi connectivity index (χ1n) is 7.22. The number of ether oxygens (including phenoxy) is 1. The molecule has 2 N–H and O–H groups in total. The zero-order chi connectivity index (χ0) is 15.9. The lowest BCUT2D eigenvalue weighted by Gasteiger charge is -2.22. The molecule has 1 aromatic carbocycles. The number of benzene rings is 1. The van der Waals surface area contributed by atoms with Crippen molar-refractivity contribution in [2.24, 2.45) is 7.05 Å². The quantitative estimate of drug-likeness (QED) is 0.909. The summed E-state index contributed by atoms with van der Waals surface area (Å²) >= 11 is 0. The molecule has 0 radical (unpaired) electrons. The summed E-state index contributed by atoms with van der Waals surface area (Å²) in [6.07, 6.45) is 3.79. The van der Waals surface area contributed by atoms with Gasteiger partial charge in [-0.25, -0.2) is 4.79 Å². The number of aromatic carboxylic acids is 1. The molecule has 22 heavy (non-hydrogen) atoms. The van der Waals surface area contributed by atoms with Crippen molar-refractivity contribution in [3.8, 4) is 22.8 Å². The molecule has 1 heterocycles. The van der Waals surface area contributed by atoms with Gasteiger partial charge in [-0.15, -0.1) is 0 Å². The highest BCUT2D eigenvalue weighted by atomic mass is 16.5. The van der Waals surface area contributed by atoms with Gasteiger partial charge in [0.15, 0.2) is 5.69 Å². The maximum absolute atomic E-state index is 11.1. The fourth-order valence-electron chi connectivity index (χ4n) is 3.09. The van der Waals surface area contributed by atoms with E-state index in [1.807, 2.05) is 0 Å². The van der Waals surface area contributed by atoms with Crippen molar-refractivity contribution in [3.63, 3.8) is 0 Å². The number of fused-ring (bicyclic) bond motifs is 1. The van der Waals surface area contributed by atoms with Crippen LogP contribution in [0.5, 0.6) is 11.5 Å². The summed E-state index contributed by atoms with van der Waals surface area (Å²) in [6.45, 7) is 0. The van der Waals surface area contributed by atoms with Crippen LogP contribution in [-0.2, 0) is 19.9 Å². The third-order valence-corrected chi connectivity index (χ3v) is 4.18. The second-order valence-corrected chi connectivity index (χ2v) is 5.48. The summed E-state index contributed by atoms with van der Waals surface area (Å²) < 4.78 is 6.93. The smallest absolute Gasteiger partial charge is 0.356 e. The summed E-state index contributed by atoms with van der Waals surface area (Å²) in [6, 6.07) is 3.23. The summed E-state index contributed by atoms with van der Waals surface area (Å²) in [7, 11) is 3.27. The van der Waals surface area contributed by atoms with Crippen molar-refractivity contribution >= 4 is 5.97 Å². The van der Waals surface area contributed by atoms with E-state index in [2.05, 4.69) is 5.10 Å². The number of methoxy groups -OCH3 is 1. The molecule has 0 unspecified atom stereocenters. The molecular weight excluding hydrogens is 284 g/mol. The fourth-order valence-corrected chi connectivity index (χ4v) is 3.09. The van der Waals surface area contributed by atoms with E-state index in [1.165, 1.54) is 10.7 Å². The highest BCUT2D eigenvalue weighted by molar-refractivity contribution is 5.87. The lowest BCUT2D eigenvalue weighted by molar-refractivity contribution is 0.0689. The number of phenols is 1. The third-order valence-electron chi connectivity index (χ3n) is 4.18. The van der Waals surface area contributed by atoms with Crippen molar-refractivity contribution in [1.29, 1.82) is 0 Å². The number of carbonyl (C=O) groups is 1. The number of nitrogens with zero attached hydrogens (tertiary/aromatic N) is 2. The first-order chi connectivity index (χ1) is 10.5. The molecule has 3 rings (SSSR count). The van der Waals surface area contributed by atoms with E-state index < -0.39 is 5.97 Å². The fraction of sp³-hybridized carbons (Fsp3) is 0.375. The van der Waals surface area contributed by atoms with Gasteiger partial charge in [-0.3, -0.25) is 4.68 Å². The van der Waals surface area contributed by atoms with Crippen LogP contribution in [0.2, 0.25) is 0 Å². The molecule has 116 valence electrons. The van der Waals surface area contributed by atoms with Gasteiger partial charge in [0.05, 0.1) is 12.8 Å². The third kappa shape index (κ3) is 2.20. The molecule has 0 aliphatic heterocycles. The zero-order valence-electron chi connectivity index (χ0n) is 12.6. The molecule has 0 fully saturated rings. The molecule has 6 heteroatoms. The summed E-state index contributed by atoms with van der Waals surface area (Å²) in [5.74, 6) is -0.151. The van der Waals surface area contributed by atoms with Crippen LogP contribution in [-0.4, -0.2) is 33.1 Å². The van der Waals surface area contributed by atoms with Gasteiger partial charge in [-0.2, -0.15) is 5.10 Å². The molecule has 0 amide bonds. The van der Waals surface area contributed by atoms with Crippen LogP contribution in [0.25, 0.3) is 11.3 Å². The molecule has 6 nitrogen and oxygen atoms in total. The molecule has 0 atom stereocenters. The van der Waals surface area contributed by atoms with E-state index in [4.69, 9.17) is 9.84 Å². The van der Waals surface area contributed by atoms with E-state index in [0.717, 1.165) is 42.6 Å². The van der Waals surface area contributed by atoms with Gasteiger partial charge in [-0.1, -0.05) is 0 Å². The highest BCUT2D eigenvalue weighted by Gasteiger charge is 2.24. The van der Waals surface area contributed by atoms with Crippen LogP contribution < -0.4 is 4.74 Å². The van der Waals surface area contributed by atoms with Crippen LogP contribution in [0, 0.1) is 0 Å². The summed E-state index contributed by atoms with van der Waals surface area (Å²) in [5.41, 5.74) is 3.02. The highest BCUT2D eigenvalue weighted by Crippen LogP contribution is 2.42. The predicted molar refractivity (Wildman–Crippen MR) is 80.5 cm³/mol.